The van der Waals surface area contributed by atoms with Gasteiger partial charge in [0.1, 0.15) is 0 Å². The van der Waals surface area contributed by atoms with Gasteiger partial charge in [-0.25, -0.2) is 8.42 Å². The summed E-state index contributed by atoms with van der Waals surface area (Å²) >= 11 is 4.76. The van der Waals surface area contributed by atoms with Crippen molar-refractivity contribution in [3.8, 4) is 0 Å². The predicted octanol–water partition coefficient (Wildman–Crippen LogP) is 3.21. The highest BCUT2D eigenvalue weighted by Gasteiger charge is 2.36. The number of hydrogen-bond donors (Lipinski definition) is 0. The van der Waals surface area contributed by atoms with Crippen LogP contribution in [0.15, 0.2) is 27.6 Å². The van der Waals surface area contributed by atoms with Crippen molar-refractivity contribution in [2.45, 2.75) is 50.6 Å². The Morgan fingerprint density at radius 3 is 2.68 bits per heavy atom. The van der Waals surface area contributed by atoms with Crippen LogP contribution in [0.5, 0.6) is 0 Å². The fourth-order valence-corrected chi connectivity index (χ4v) is 6.17. The highest BCUT2D eigenvalue weighted by Crippen LogP contribution is 2.25. The first kappa shape index (κ1) is 23.2. The van der Waals surface area contributed by atoms with Crippen molar-refractivity contribution in [3.63, 3.8) is 0 Å². The Hall–Kier alpha value is -1.06. The van der Waals surface area contributed by atoms with Crippen LogP contribution in [0.1, 0.15) is 32.3 Å². The van der Waals surface area contributed by atoms with Crippen molar-refractivity contribution >= 4 is 49.4 Å². The van der Waals surface area contributed by atoms with Gasteiger partial charge in [-0.15, -0.1) is 11.8 Å². The van der Waals surface area contributed by atoms with Gasteiger partial charge in [0.25, 0.3) is 5.91 Å². The van der Waals surface area contributed by atoms with Gasteiger partial charge >= 0.3 is 5.97 Å². The van der Waals surface area contributed by atoms with E-state index in [0.717, 1.165) is 14.9 Å². The molecule has 0 aromatic heterocycles. The molecule has 1 saturated heterocycles. The molecule has 1 amide bonds. The van der Waals surface area contributed by atoms with Gasteiger partial charge in [0.15, 0.2) is 16.4 Å². The van der Waals surface area contributed by atoms with Crippen molar-refractivity contribution in [1.29, 1.82) is 0 Å². The lowest BCUT2D eigenvalue weighted by atomic mass is 10.1. The van der Waals surface area contributed by atoms with Crippen LogP contribution >= 0.6 is 27.7 Å². The highest BCUT2D eigenvalue weighted by atomic mass is 79.9. The maximum Gasteiger partial charge on any atom is 0.316 e. The van der Waals surface area contributed by atoms with Gasteiger partial charge in [-0.1, -0.05) is 22.9 Å². The van der Waals surface area contributed by atoms with Gasteiger partial charge in [0.05, 0.1) is 17.3 Å². The van der Waals surface area contributed by atoms with Crippen LogP contribution in [0.3, 0.4) is 0 Å². The molecule has 1 aromatic carbocycles. The number of carbonyl (C=O) groups is 2. The normalized spacial score (nSPS) is 19.2. The van der Waals surface area contributed by atoms with E-state index >= 15 is 0 Å². The van der Waals surface area contributed by atoms with Crippen LogP contribution in [-0.4, -0.2) is 61.1 Å². The molecule has 1 aliphatic heterocycles. The average Bonchev–Trinajstić information content (AvgIpc) is 2.98. The first-order chi connectivity index (χ1) is 13.1. The zero-order valence-corrected chi connectivity index (χ0v) is 19.5. The van der Waals surface area contributed by atoms with Crippen LogP contribution in [0.2, 0.25) is 0 Å². The topological polar surface area (TPSA) is 80.8 Å². The van der Waals surface area contributed by atoms with Gasteiger partial charge in [-0.3, -0.25) is 9.59 Å². The number of carbonyl (C=O) groups excluding carboxylic acids is 2. The molecule has 156 valence electrons. The van der Waals surface area contributed by atoms with Crippen molar-refractivity contribution in [1.82, 2.24) is 4.90 Å². The second kappa shape index (κ2) is 10.1. The van der Waals surface area contributed by atoms with Crippen LogP contribution in [-0.2, 0) is 24.2 Å². The molecule has 9 heteroatoms. The van der Waals surface area contributed by atoms with Crippen LogP contribution in [0, 0.1) is 6.92 Å². The number of esters is 1. The molecule has 0 N–H and O–H groups in total. The minimum Gasteiger partial charge on any atom is -0.455 e. The number of amides is 1. The first-order valence-electron chi connectivity index (χ1n) is 9.19. The number of thioether (sulfide) groups is 1. The summed E-state index contributed by atoms with van der Waals surface area (Å²) in [6, 6.07) is 5.35. The second-order valence-electron chi connectivity index (χ2n) is 6.97. The number of rotatable bonds is 8. The number of benzene rings is 1. The number of sulfone groups is 1. The van der Waals surface area contributed by atoms with Crippen LogP contribution in [0.4, 0.5) is 0 Å². The van der Waals surface area contributed by atoms with Crippen molar-refractivity contribution in [2.24, 2.45) is 0 Å². The maximum absolute atomic E-state index is 12.7. The average molecular weight is 492 g/mol. The molecule has 1 heterocycles. The summed E-state index contributed by atoms with van der Waals surface area (Å²) in [5.74, 6) is -0.619. The molecule has 1 aliphatic rings. The lowest BCUT2D eigenvalue weighted by Crippen LogP contribution is -2.48. The Labute approximate surface area is 179 Å². The standard InChI is InChI=1S/C19H26BrNO5S2/c1-4-14(3)21(16-7-8-28(24,25)12-16)18(22)10-26-19(23)11-27-17-6-5-15(20)9-13(17)2/h5-6,9,14,16H,4,7-8,10-12H2,1-3H3. The van der Waals surface area contributed by atoms with Crippen molar-refractivity contribution in [2.75, 3.05) is 23.9 Å². The third-order valence-corrected chi connectivity index (χ3v) is 8.19. The van der Waals surface area contributed by atoms with Gasteiger partial charge < -0.3 is 9.64 Å². The molecular weight excluding hydrogens is 466 g/mol. The number of aryl methyl sites for hydroxylation is 1. The molecule has 0 radical (unpaired) electrons. The van der Waals surface area contributed by atoms with Gasteiger partial charge in [-0.05, 0) is 50.5 Å². The molecule has 1 aromatic rings. The third-order valence-electron chi connectivity index (χ3n) is 4.79. The summed E-state index contributed by atoms with van der Waals surface area (Å²) in [5.41, 5.74) is 1.05. The van der Waals surface area contributed by atoms with E-state index in [2.05, 4.69) is 15.9 Å². The number of halogens is 1. The second-order valence-corrected chi connectivity index (χ2v) is 11.1. The van der Waals surface area contributed by atoms with E-state index in [-0.39, 0.29) is 41.9 Å². The molecule has 0 aliphatic carbocycles. The molecule has 1 fully saturated rings. The summed E-state index contributed by atoms with van der Waals surface area (Å²) in [6.07, 6.45) is 1.14. The molecule has 28 heavy (non-hydrogen) atoms. The Morgan fingerprint density at radius 2 is 2.11 bits per heavy atom. The molecule has 0 spiro atoms. The zero-order valence-electron chi connectivity index (χ0n) is 16.3. The SMILES string of the molecule is CCC(C)N(C(=O)COC(=O)CSc1ccc(Br)cc1C)C1CCS(=O)(=O)C1. The summed E-state index contributed by atoms with van der Waals surface area (Å²) in [5, 5.41) is 0. The lowest BCUT2D eigenvalue weighted by molar-refractivity contribution is -0.152. The Morgan fingerprint density at radius 1 is 1.39 bits per heavy atom. The molecule has 0 bridgehead atoms. The molecule has 0 saturated carbocycles. The highest BCUT2D eigenvalue weighted by molar-refractivity contribution is 9.10. The fourth-order valence-electron chi connectivity index (χ4n) is 3.17. The van der Waals surface area contributed by atoms with Crippen molar-refractivity contribution in [3.05, 3.63) is 28.2 Å². The fraction of sp³-hybridized carbons (Fsp3) is 0.579. The molecule has 6 nitrogen and oxygen atoms in total. The van der Waals surface area contributed by atoms with E-state index in [1.54, 1.807) is 4.90 Å². The summed E-state index contributed by atoms with van der Waals surface area (Å²) in [7, 11) is -3.10. The van der Waals surface area contributed by atoms with Crippen LogP contribution < -0.4 is 0 Å². The summed E-state index contributed by atoms with van der Waals surface area (Å²) in [6.45, 7) is 5.43. The first-order valence-corrected chi connectivity index (χ1v) is 12.8. The largest absolute Gasteiger partial charge is 0.455 e. The van der Waals surface area contributed by atoms with Crippen molar-refractivity contribution < 1.29 is 22.7 Å². The van der Waals surface area contributed by atoms with E-state index in [1.165, 1.54) is 11.8 Å². The minimum absolute atomic E-state index is 0.0181. The molecule has 2 rings (SSSR count). The summed E-state index contributed by atoms with van der Waals surface area (Å²) in [4.78, 5) is 27.3. The van der Waals surface area contributed by atoms with Gasteiger partial charge in [0.2, 0.25) is 0 Å². The molecule has 2 atom stereocenters. The van der Waals surface area contributed by atoms with E-state index in [0.29, 0.717) is 12.8 Å². The molecule has 2 unspecified atom stereocenters. The van der Waals surface area contributed by atoms with Crippen LogP contribution in [0.25, 0.3) is 0 Å². The van der Waals surface area contributed by atoms with E-state index in [4.69, 9.17) is 4.74 Å². The minimum atomic E-state index is -3.10. The van der Waals surface area contributed by atoms with Gasteiger partial charge in [-0.2, -0.15) is 0 Å². The number of hydrogen-bond acceptors (Lipinski definition) is 6. The predicted molar refractivity (Wildman–Crippen MR) is 114 cm³/mol. The van der Waals surface area contributed by atoms with E-state index in [1.807, 2.05) is 39.0 Å². The third kappa shape index (κ3) is 6.49. The molecular formula is C19H26BrNO5S2. The number of ether oxygens (including phenoxy) is 1. The maximum atomic E-state index is 12.7. The monoisotopic (exact) mass is 491 g/mol. The number of nitrogens with zero attached hydrogens (tertiary/aromatic N) is 1. The lowest BCUT2D eigenvalue weighted by Gasteiger charge is -2.33. The Bertz CT molecular complexity index is 828. The summed E-state index contributed by atoms with van der Waals surface area (Å²) < 4.78 is 29.7. The Kier molecular flexibility index (Phi) is 8.39. The van der Waals surface area contributed by atoms with Gasteiger partial charge in [0, 0.05) is 21.5 Å². The van der Waals surface area contributed by atoms with E-state index in [9.17, 15) is 18.0 Å². The smallest absolute Gasteiger partial charge is 0.316 e. The van der Waals surface area contributed by atoms with E-state index < -0.39 is 15.8 Å². The quantitative estimate of drug-likeness (QED) is 0.410. The zero-order chi connectivity index (χ0) is 20.9. The Balaban J connectivity index is 1.89.